The number of rotatable bonds is 6. The monoisotopic (exact) mass is 378 g/mol. The molecule has 4 nitrogen and oxygen atoms in total. The molecular weight excluding hydrogens is 352 g/mol. The van der Waals surface area contributed by atoms with Crippen molar-refractivity contribution in [3.63, 3.8) is 0 Å². The number of thioether (sulfide) groups is 1. The van der Waals surface area contributed by atoms with Crippen LogP contribution in [0.25, 0.3) is 0 Å². The van der Waals surface area contributed by atoms with Gasteiger partial charge in [-0.1, -0.05) is 29.8 Å². The van der Waals surface area contributed by atoms with Crippen molar-refractivity contribution in [2.24, 2.45) is 5.92 Å². The maximum absolute atomic E-state index is 12.7. The molecule has 2 heterocycles. The number of thiocarbonyl (C=S) groups is 1. The Balaban J connectivity index is 1.70. The van der Waals surface area contributed by atoms with E-state index >= 15 is 0 Å². The predicted octanol–water partition coefficient (Wildman–Crippen LogP) is 3.30. The van der Waals surface area contributed by atoms with Gasteiger partial charge in [0.05, 0.1) is 6.10 Å². The van der Waals surface area contributed by atoms with Crippen LogP contribution >= 0.6 is 24.0 Å². The lowest BCUT2D eigenvalue weighted by molar-refractivity contribution is -0.128. The van der Waals surface area contributed by atoms with Crippen LogP contribution in [0.1, 0.15) is 36.5 Å². The summed E-state index contributed by atoms with van der Waals surface area (Å²) in [6.07, 6.45) is 5.00. The molecule has 0 spiro atoms. The van der Waals surface area contributed by atoms with Gasteiger partial charge in [0.15, 0.2) is 5.11 Å². The highest BCUT2D eigenvalue weighted by atomic mass is 32.2. The van der Waals surface area contributed by atoms with E-state index < -0.39 is 0 Å². The number of carbonyl (C=O) groups is 1. The van der Waals surface area contributed by atoms with Crippen molar-refractivity contribution in [2.75, 3.05) is 25.2 Å². The van der Waals surface area contributed by atoms with Gasteiger partial charge in [-0.2, -0.15) is 11.8 Å². The van der Waals surface area contributed by atoms with Gasteiger partial charge in [-0.3, -0.25) is 9.69 Å². The molecule has 1 N–H and O–H groups in total. The Hall–Kier alpha value is -1.11. The fourth-order valence-corrected chi connectivity index (χ4v) is 4.35. The highest BCUT2D eigenvalue weighted by molar-refractivity contribution is 7.98. The first-order valence-electron chi connectivity index (χ1n) is 8.89. The van der Waals surface area contributed by atoms with Crippen molar-refractivity contribution >= 4 is 35.0 Å². The zero-order chi connectivity index (χ0) is 17.8. The molecule has 0 radical (unpaired) electrons. The first-order chi connectivity index (χ1) is 12.1. The van der Waals surface area contributed by atoms with Gasteiger partial charge in [0.1, 0.15) is 6.04 Å². The summed E-state index contributed by atoms with van der Waals surface area (Å²) in [7, 11) is 0. The van der Waals surface area contributed by atoms with E-state index in [0.717, 1.165) is 31.6 Å². The molecule has 1 aromatic carbocycles. The molecule has 0 saturated carbocycles. The van der Waals surface area contributed by atoms with E-state index in [4.69, 9.17) is 17.0 Å². The Labute approximate surface area is 159 Å². The van der Waals surface area contributed by atoms with Crippen LogP contribution in [0, 0.1) is 12.8 Å². The molecule has 136 valence electrons. The Morgan fingerprint density at radius 3 is 2.84 bits per heavy atom. The minimum Gasteiger partial charge on any atom is -0.373 e. The van der Waals surface area contributed by atoms with E-state index in [2.05, 4.69) is 42.8 Å². The minimum absolute atomic E-state index is 0.0372. The van der Waals surface area contributed by atoms with Crippen molar-refractivity contribution in [3.8, 4) is 0 Å². The second kappa shape index (κ2) is 8.52. The highest BCUT2D eigenvalue weighted by Gasteiger charge is 2.38. The number of ether oxygens (including phenoxy) is 1. The van der Waals surface area contributed by atoms with Crippen LogP contribution in [0.2, 0.25) is 0 Å². The summed E-state index contributed by atoms with van der Waals surface area (Å²) in [6.45, 7) is 3.51. The highest BCUT2D eigenvalue weighted by Crippen LogP contribution is 2.35. The van der Waals surface area contributed by atoms with E-state index in [0.29, 0.717) is 11.7 Å². The number of amides is 1. The third-order valence-corrected chi connectivity index (χ3v) is 5.97. The van der Waals surface area contributed by atoms with Gasteiger partial charge in [-0.25, -0.2) is 0 Å². The van der Waals surface area contributed by atoms with Crippen molar-refractivity contribution in [2.45, 2.75) is 38.3 Å². The summed E-state index contributed by atoms with van der Waals surface area (Å²) < 4.78 is 6.08. The van der Waals surface area contributed by atoms with Crippen LogP contribution in [-0.4, -0.2) is 47.1 Å². The summed E-state index contributed by atoms with van der Waals surface area (Å²) in [5.41, 5.74) is 2.44. The van der Waals surface area contributed by atoms with E-state index in [1.807, 2.05) is 0 Å². The molecule has 2 aliphatic heterocycles. The quantitative estimate of drug-likeness (QED) is 0.769. The minimum atomic E-state index is -0.165. The smallest absolute Gasteiger partial charge is 0.251 e. The second-order valence-electron chi connectivity index (χ2n) is 6.84. The van der Waals surface area contributed by atoms with Gasteiger partial charge in [-0.15, -0.1) is 0 Å². The third kappa shape index (κ3) is 4.36. The van der Waals surface area contributed by atoms with Crippen LogP contribution in [-0.2, 0) is 9.53 Å². The van der Waals surface area contributed by atoms with Crippen molar-refractivity contribution in [1.29, 1.82) is 0 Å². The predicted molar refractivity (Wildman–Crippen MR) is 107 cm³/mol. The lowest BCUT2D eigenvalue weighted by Gasteiger charge is -2.34. The summed E-state index contributed by atoms with van der Waals surface area (Å²) in [5, 5.41) is 3.77. The Bertz CT molecular complexity index is 620. The summed E-state index contributed by atoms with van der Waals surface area (Å²) in [6, 6.07) is 8.36. The van der Waals surface area contributed by atoms with E-state index in [9.17, 15) is 4.79 Å². The standard InChI is InChI=1S/C19H26N2O2S2/c1-13-5-7-14(8-6-13)17-15(4-3-10-23-17)12-21-18(22)16(9-11-25-2)20-19(21)24/h5-8,15-17H,3-4,9-12H2,1-2H3,(H,20,24)/t15-,16+,17+/m1/s1. The molecule has 0 bridgehead atoms. The number of benzene rings is 1. The van der Waals surface area contributed by atoms with Gasteiger partial charge in [0.25, 0.3) is 5.91 Å². The van der Waals surface area contributed by atoms with Crippen molar-refractivity contribution < 1.29 is 9.53 Å². The van der Waals surface area contributed by atoms with Crippen LogP contribution < -0.4 is 5.32 Å². The van der Waals surface area contributed by atoms with E-state index in [1.54, 1.807) is 16.7 Å². The zero-order valence-electron chi connectivity index (χ0n) is 14.9. The maximum atomic E-state index is 12.7. The Morgan fingerprint density at radius 1 is 1.36 bits per heavy atom. The molecule has 1 amide bonds. The van der Waals surface area contributed by atoms with Crippen molar-refractivity contribution in [3.05, 3.63) is 35.4 Å². The molecule has 2 fully saturated rings. The Morgan fingerprint density at radius 2 is 2.12 bits per heavy atom. The first-order valence-corrected chi connectivity index (χ1v) is 10.7. The van der Waals surface area contributed by atoms with Gasteiger partial charge in [0, 0.05) is 19.1 Å². The van der Waals surface area contributed by atoms with Gasteiger partial charge in [-0.05, 0) is 56.0 Å². The molecule has 3 rings (SSSR count). The van der Waals surface area contributed by atoms with Gasteiger partial charge < -0.3 is 10.1 Å². The third-order valence-electron chi connectivity index (χ3n) is 4.99. The van der Waals surface area contributed by atoms with E-state index in [1.165, 1.54) is 11.1 Å². The number of hydrogen-bond acceptors (Lipinski definition) is 4. The van der Waals surface area contributed by atoms with Gasteiger partial charge in [0.2, 0.25) is 0 Å². The summed E-state index contributed by atoms with van der Waals surface area (Å²) >= 11 is 7.19. The number of nitrogens with one attached hydrogen (secondary N) is 1. The Kier molecular flexibility index (Phi) is 6.36. The second-order valence-corrected chi connectivity index (χ2v) is 8.21. The SMILES string of the molecule is CSCC[C@@H]1NC(=S)N(C[C@H]2CCCO[C@H]2c2ccc(C)cc2)C1=O. The van der Waals surface area contributed by atoms with E-state index in [-0.39, 0.29) is 24.0 Å². The fourth-order valence-electron chi connectivity index (χ4n) is 3.57. The average molecular weight is 379 g/mol. The summed E-state index contributed by atoms with van der Waals surface area (Å²) in [5.74, 6) is 1.35. The number of nitrogens with zero attached hydrogens (tertiary/aromatic N) is 1. The molecule has 2 saturated heterocycles. The normalized spacial score (nSPS) is 26.8. The van der Waals surface area contributed by atoms with Crippen LogP contribution in [0.4, 0.5) is 0 Å². The molecule has 25 heavy (non-hydrogen) atoms. The lowest BCUT2D eigenvalue weighted by atomic mass is 9.88. The van der Waals surface area contributed by atoms with Crippen LogP contribution in [0.3, 0.4) is 0 Å². The first kappa shape index (κ1) is 18.7. The largest absolute Gasteiger partial charge is 0.373 e. The summed E-state index contributed by atoms with van der Waals surface area (Å²) in [4.78, 5) is 14.5. The lowest BCUT2D eigenvalue weighted by Crippen LogP contribution is -2.39. The maximum Gasteiger partial charge on any atom is 0.251 e. The number of carbonyl (C=O) groups excluding carboxylic acids is 1. The molecule has 0 aliphatic carbocycles. The zero-order valence-corrected chi connectivity index (χ0v) is 16.5. The topological polar surface area (TPSA) is 41.6 Å². The van der Waals surface area contributed by atoms with Crippen molar-refractivity contribution in [1.82, 2.24) is 10.2 Å². The molecule has 2 aliphatic rings. The van der Waals surface area contributed by atoms with Crippen LogP contribution in [0.15, 0.2) is 24.3 Å². The molecule has 1 aromatic rings. The molecule has 3 atom stereocenters. The number of aryl methyl sites for hydroxylation is 1. The average Bonchev–Trinajstić information content (AvgIpc) is 2.89. The molecule has 0 aromatic heterocycles. The fraction of sp³-hybridized carbons (Fsp3) is 0.579. The molecule has 0 unspecified atom stereocenters. The number of hydrogen-bond donors (Lipinski definition) is 1. The van der Waals surface area contributed by atoms with Crippen LogP contribution in [0.5, 0.6) is 0 Å². The van der Waals surface area contributed by atoms with Gasteiger partial charge >= 0.3 is 0 Å². The molecular formula is C19H26N2O2S2. The molecule has 6 heteroatoms.